The van der Waals surface area contributed by atoms with Gasteiger partial charge in [0.1, 0.15) is 5.75 Å². The molecule has 1 aliphatic heterocycles. The van der Waals surface area contributed by atoms with Crippen molar-refractivity contribution in [3.63, 3.8) is 0 Å². The van der Waals surface area contributed by atoms with Gasteiger partial charge in [0.25, 0.3) is 0 Å². The third kappa shape index (κ3) is 8.94. The Labute approximate surface area is 197 Å². The van der Waals surface area contributed by atoms with Crippen LogP contribution in [-0.2, 0) is 21.3 Å². The van der Waals surface area contributed by atoms with Gasteiger partial charge in [-0.25, -0.2) is 17.7 Å². The average Bonchev–Trinajstić information content (AvgIpc) is 3.02. The van der Waals surface area contributed by atoms with Crippen LogP contribution in [-0.4, -0.2) is 70.9 Å². The van der Waals surface area contributed by atoms with Gasteiger partial charge in [0.15, 0.2) is 5.96 Å². The fourth-order valence-corrected chi connectivity index (χ4v) is 4.59. The molecule has 1 aromatic carbocycles. The van der Waals surface area contributed by atoms with Crippen molar-refractivity contribution in [2.24, 2.45) is 4.99 Å². The highest BCUT2D eigenvalue weighted by Gasteiger charge is 2.27. The van der Waals surface area contributed by atoms with Crippen LogP contribution in [0, 0.1) is 6.92 Å². The van der Waals surface area contributed by atoms with Crippen molar-refractivity contribution < 1.29 is 17.9 Å². The second kappa shape index (κ2) is 14.0. The molecule has 0 aromatic heterocycles. The van der Waals surface area contributed by atoms with Crippen molar-refractivity contribution in [1.29, 1.82) is 0 Å². The van der Waals surface area contributed by atoms with Gasteiger partial charge in [0, 0.05) is 51.9 Å². The first-order valence-corrected chi connectivity index (χ1v) is 11.8. The predicted molar refractivity (Wildman–Crippen MR) is 131 cm³/mol. The van der Waals surface area contributed by atoms with E-state index in [1.807, 2.05) is 32.0 Å². The summed E-state index contributed by atoms with van der Waals surface area (Å²) in [6.45, 7) is 8.05. The molecule has 0 amide bonds. The van der Waals surface area contributed by atoms with Crippen molar-refractivity contribution in [3.05, 3.63) is 29.3 Å². The van der Waals surface area contributed by atoms with Crippen LogP contribution >= 0.6 is 24.0 Å². The zero-order chi connectivity index (χ0) is 21.1. The van der Waals surface area contributed by atoms with Crippen molar-refractivity contribution >= 4 is 40.0 Å². The van der Waals surface area contributed by atoms with Crippen LogP contribution < -0.4 is 15.4 Å². The maximum atomic E-state index is 11.9. The van der Waals surface area contributed by atoms with E-state index in [0.717, 1.165) is 29.8 Å². The summed E-state index contributed by atoms with van der Waals surface area (Å²) in [6, 6.07) is 6.10. The minimum atomic E-state index is -3.07. The van der Waals surface area contributed by atoms with E-state index in [4.69, 9.17) is 9.47 Å². The normalized spacial score (nSPS) is 16.2. The van der Waals surface area contributed by atoms with Gasteiger partial charge in [0.05, 0.1) is 18.9 Å². The molecule has 30 heavy (non-hydrogen) atoms. The monoisotopic (exact) mass is 554 g/mol. The summed E-state index contributed by atoms with van der Waals surface area (Å²) in [5.74, 6) is 1.75. The Hall–Kier alpha value is -1.11. The standard InChI is InChI=1S/C20H34N4O4S.HI/c1-4-21-20(22-9-11-24-10-5-14-29(24,25)26)23-16-18-8-7-17(2)15-19(18)28-13-6-12-27-3;/h7-8,15H,4-6,9-14,16H2,1-3H3,(H2,21,22,23);1H. The van der Waals surface area contributed by atoms with Crippen LogP contribution in [0.2, 0.25) is 0 Å². The Morgan fingerprint density at radius 2 is 2.07 bits per heavy atom. The fourth-order valence-electron chi connectivity index (χ4n) is 3.06. The lowest BCUT2D eigenvalue weighted by atomic mass is 10.1. The largest absolute Gasteiger partial charge is 0.493 e. The Morgan fingerprint density at radius 3 is 2.73 bits per heavy atom. The van der Waals surface area contributed by atoms with Gasteiger partial charge in [0.2, 0.25) is 10.0 Å². The molecule has 10 heteroatoms. The van der Waals surface area contributed by atoms with Gasteiger partial charge in [-0.15, -0.1) is 24.0 Å². The number of aliphatic imine (C=N–C) groups is 1. The molecule has 0 unspecified atom stereocenters. The highest BCUT2D eigenvalue weighted by Crippen LogP contribution is 2.21. The molecule has 0 saturated carbocycles. The number of benzene rings is 1. The summed E-state index contributed by atoms with van der Waals surface area (Å²) in [5.41, 5.74) is 2.14. The van der Waals surface area contributed by atoms with E-state index in [9.17, 15) is 8.42 Å². The summed E-state index contributed by atoms with van der Waals surface area (Å²) in [4.78, 5) is 4.64. The molecule has 0 bridgehead atoms. The smallest absolute Gasteiger partial charge is 0.214 e. The number of rotatable bonds is 11. The van der Waals surface area contributed by atoms with Gasteiger partial charge in [-0.2, -0.15) is 0 Å². The first-order chi connectivity index (χ1) is 14.0. The van der Waals surface area contributed by atoms with Crippen LogP contribution in [0.25, 0.3) is 0 Å². The summed E-state index contributed by atoms with van der Waals surface area (Å²) < 4.78 is 36.3. The maximum absolute atomic E-state index is 11.9. The molecule has 1 saturated heterocycles. The molecule has 0 spiro atoms. The van der Waals surface area contributed by atoms with Gasteiger partial charge < -0.3 is 20.1 Å². The second-order valence-electron chi connectivity index (χ2n) is 7.00. The third-order valence-corrected chi connectivity index (χ3v) is 6.54. The third-order valence-electron chi connectivity index (χ3n) is 4.58. The van der Waals surface area contributed by atoms with Gasteiger partial charge >= 0.3 is 0 Å². The van der Waals surface area contributed by atoms with Crippen molar-refractivity contribution in [1.82, 2.24) is 14.9 Å². The minimum absolute atomic E-state index is 0. The lowest BCUT2D eigenvalue weighted by molar-refractivity contribution is 0.172. The van der Waals surface area contributed by atoms with E-state index >= 15 is 0 Å². The fraction of sp³-hybridized carbons (Fsp3) is 0.650. The Morgan fingerprint density at radius 1 is 1.27 bits per heavy atom. The second-order valence-corrected chi connectivity index (χ2v) is 9.09. The summed E-state index contributed by atoms with van der Waals surface area (Å²) >= 11 is 0. The number of ether oxygens (including phenoxy) is 2. The Balaban J connectivity index is 0.00000450. The van der Waals surface area contributed by atoms with Crippen molar-refractivity contribution in [2.75, 3.05) is 52.3 Å². The average molecular weight is 554 g/mol. The molecule has 1 heterocycles. The number of sulfonamides is 1. The quantitative estimate of drug-likeness (QED) is 0.189. The van der Waals surface area contributed by atoms with E-state index in [1.54, 1.807) is 7.11 Å². The number of hydrogen-bond donors (Lipinski definition) is 2. The molecule has 0 radical (unpaired) electrons. The number of guanidine groups is 1. The molecule has 172 valence electrons. The SMILES string of the molecule is CCNC(=NCc1ccc(C)cc1OCCCOC)NCCN1CCCS1(=O)=O.I. The molecule has 1 aliphatic rings. The first kappa shape index (κ1) is 26.9. The number of nitrogens with one attached hydrogen (secondary N) is 2. The number of aryl methyl sites for hydroxylation is 1. The lowest BCUT2D eigenvalue weighted by Gasteiger charge is -2.17. The summed E-state index contributed by atoms with van der Waals surface area (Å²) in [5, 5.41) is 6.43. The van der Waals surface area contributed by atoms with Gasteiger partial charge in [-0.3, -0.25) is 0 Å². The highest BCUT2D eigenvalue weighted by molar-refractivity contribution is 14.0. The van der Waals surface area contributed by atoms with E-state index in [1.165, 1.54) is 4.31 Å². The minimum Gasteiger partial charge on any atom is -0.493 e. The highest BCUT2D eigenvalue weighted by atomic mass is 127. The van der Waals surface area contributed by atoms with Crippen LogP contribution in [0.5, 0.6) is 5.75 Å². The Bertz CT molecular complexity index is 774. The van der Waals surface area contributed by atoms with Gasteiger partial charge in [-0.05, 0) is 31.9 Å². The van der Waals surface area contributed by atoms with Crippen LogP contribution in [0.1, 0.15) is 30.9 Å². The van der Waals surface area contributed by atoms with Crippen molar-refractivity contribution in [3.8, 4) is 5.75 Å². The number of halogens is 1. The molecule has 2 rings (SSSR count). The van der Waals surface area contributed by atoms with Gasteiger partial charge in [-0.1, -0.05) is 12.1 Å². The topological polar surface area (TPSA) is 92.3 Å². The number of methoxy groups -OCH3 is 1. The predicted octanol–water partition coefficient (Wildman–Crippen LogP) is 2.12. The molecule has 0 aliphatic carbocycles. The molecule has 0 atom stereocenters. The Kier molecular flexibility index (Phi) is 12.6. The molecule has 1 fully saturated rings. The zero-order valence-electron chi connectivity index (χ0n) is 18.1. The maximum Gasteiger partial charge on any atom is 0.214 e. The van der Waals surface area contributed by atoms with E-state index in [2.05, 4.69) is 15.6 Å². The van der Waals surface area contributed by atoms with E-state index in [-0.39, 0.29) is 29.7 Å². The van der Waals surface area contributed by atoms with Crippen LogP contribution in [0.15, 0.2) is 23.2 Å². The number of hydrogen-bond acceptors (Lipinski definition) is 5. The molecular weight excluding hydrogens is 519 g/mol. The molecule has 8 nitrogen and oxygen atoms in total. The summed E-state index contributed by atoms with van der Waals surface area (Å²) in [7, 11) is -1.39. The van der Waals surface area contributed by atoms with Crippen LogP contribution in [0.4, 0.5) is 0 Å². The molecular formula is C20H35IN4O4S. The lowest BCUT2D eigenvalue weighted by Crippen LogP contribution is -2.42. The molecule has 2 N–H and O–H groups in total. The van der Waals surface area contributed by atoms with Crippen molar-refractivity contribution in [2.45, 2.75) is 33.2 Å². The summed E-state index contributed by atoms with van der Waals surface area (Å²) in [6.07, 6.45) is 1.54. The van der Waals surface area contributed by atoms with Crippen LogP contribution in [0.3, 0.4) is 0 Å². The zero-order valence-corrected chi connectivity index (χ0v) is 21.3. The number of nitrogens with zero attached hydrogens (tertiary/aromatic N) is 2. The van der Waals surface area contributed by atoms with E-state index in [0.29, 0.717) is 51.8 Å². The first-order valence-electron chi connectivity index (χ1n) is 10.2. The van der Waals surface area contributed by atoms with E-state index < -0.39 is 10.0 Å². The molecule has 1 aromatic rings.